The lowest BCUT2D eigenvalue weighted by Gasteiger charge is -2.23. The van der Waals surface area contributed by atoms with Crippen LogP contribution in [0.4, 0.5) is 0 Å². The van der Waals surface area contributed by atoms with Crippen LogP contribution in [-0.4, -0.2) is 28.2 Å². The molecule has 1 aromatic carbocycles. The van der Waals surface area contributed by atoms with E-state index in [0.29, 0.717) is 12.0 Å². The Hall–Kier alpha value is -2.05. The number of rotatable bonds is 5. The zero-order chi connectivity index (χ0) is 17.2. The van der Waals surface area contributed by atoms with Crippen LogP contribution in [0.15, 0.2) is 40.9 Å². The third-order valence-electron chi connectivity index (χ3n) is 4.84. The quantitative estimate of drug-likeness (QED) is 0.700. The smallest absolute Gasteiger partial charge is 0.230 e. The van der Waals surface area contributed by atoms with Gasteiger partial charge in [0.1, 0.15) is 0 Å². The normalized spacial score (nSPS) is 21.7. The molecule has 130 valence electrons. The van der Waals surface area contributed by atoms with Crippen LogP contribution >= 0.6 is 11.3 Å². The van der Waals surface area contributed by atoms with E-state index in [0.717, 1.165) is 36.5 Å². The summed E-state index contributed by atoms with van der Waals surface area (Å²) in [6, 6.07) is 8.64. The Morgan fingerprint density at radius 3 is 2.80 bits per heavy atom. The number of nitrogens with one attached hydrogen (secondary N) is 1. The van der Waals surface area contributed by atoms with Gasteiger partial charge in [-0.2, -0.15) is 4.98 Å². The molecule has 0 fully saturated rings. The molecule has 5 nitrogen and oxygen atoms in total. The summed E-state index contributed by atoms with van der Waals surface area (Å²) in [4.78, 5) is 9.54. The molecule has 6 heteroatoms. The zero-order valence-electron chi connectivity index (χ0n) is 14.5. The van der Waals surface area contributed by atoms with Crippen LogP contribution in [0, 0.1) is 0 Å². The first-order valence-corrected chi connectivity index (χ1v) is 9.56. The predicted octanol–water partition coefficient (Wildman–Crippen LogP) is 4.05. The number of thiazole rings is 1. The summed E-state index contributed by atoms with van der Waals surface area (Å²) in [5.41, 5.74) is 1.07. The van der Waals surface area contributed by atoms with Gasteiger partial charge in [-0.15, -0.1) is 11.3 Å². The van der Waals surface area contributed by atoms with Crippen molar-refractivity contribution < 1.29 is 4.52 Å². The van der Waals surface area contributed by atoms with Gasteiger partial charge in [0.05, 0.1) is 21.1 Å². The van der Waals surface area contributed by atoms with Crippen LogP contribution in [0.25, 0.3) is 10.2 Å². The monoisotopic (exact) mass is 354 g/mol. The van der Waals surface area contributed by atoms with Crippen LogP contribution in [0.1, 0.15) is 48.3 Å². The van der Waals surface area contributed by atoms with Crippen molar-refractivity contribution in [3.8, 4) is 0 Å². The van der Waals surface area contributed by atoms with Gasteiger partial charge in [-0.25, -0.2) is 4.98 Å². The average molecular weight is 354 g/mol. The Kier molecular flexibility index (Phi) is 4.63. The highest BCUT2D eigenvalue weighted by molar-refractivity contribution is 7.18. The first kappa shape index (κ1) is 16.4. The number of benzene rings is 1. The second-order valence-corrected chi connectivity index (χ2v) is 7.68. The summed E-state index contributed by atoms with van der Waals surface area (Å²) in [5.74, 6) is 2.02. The molecular weight excluding hydrogens is 332 g/mol. The van der Waals surface area contributed by atoms with E-state index in [9.17, 15) is 0 Å². The van der Waals surface area contributed by atoms with Crippen molar-refractivity contribution in [2.45, 2.75) is 44.1 Å². The Bertz CT molecular complexity index is 851. The Balaban J connectivity index is 1.62. The fourth-order valence-corrected chi connectivity index (χ4v) is 4.43. The summed E-state index contributed by atoms with van der Waals surface area (Å²) in [6.07, 6.45) is 7.12. The van der Waals surface area contributed by atoms with Crippen LogP contribution in [0.5, 0.6) is 0 Å². The van der Waals surface area contributed by atoms with E-state index in [1.165, 1.54) is 9.71 Å². The average Bonchev–Trinajstić information content (AvgIpc) is 3.28. The number of para-hydroxylation sites is 1. The van der Waals surface area contributed by atoms with Gasteiger partial charge < -0.3 is 9.84 Å². The van der Waals surface area contributed by atoms with Crippen LogP contribution < -0.4 is 5.32 Å². The van der Waals surface area contributed by atoms with E-state index in [4.69, 9.17) is 9.51 Å². The van der Waals surface area contributed by atoms with Crippen molar-refractivity contribution in [1.82, 2.24) is 20.4 Å². The lowest BCUT2D eigenvalue weighted by molar-refractivity contribution is 0.326. The first-order valence-electron chi connectivity index (χ1n) is 8.75. The fourth-order valence-electron chi connectivity index (χ4n) is 3.29. The summed E-state index contributed by atoms with van der Waals surface area (Å²) in [6.45, 7) is 2.11. The van der Waals surface area contributed by atoms with Crippen LogP contribution in [0.3, 0.4) is 0 Å². The molecule has 1 aliphatic rings. The van der Waals surface area contributed by atoms with Crippen molar-refractivity contribution in [3.05, 3.63) is 53.1 Å². The number of aromatic nitrogens is 3. The second-order valence-electron chi connectivity index (χ2n) is 6.62. The van der Waals surface area contributed by atoms with Gasteiger partial charge in [-0.05, 0) is 38.9 Å². The molecule has 3 atom stereocenters. The first-order chi connectivity index (χ1) is 12.2. The highest BCUT2D eigenvalue weighted by Crippen LogP contribution is 2.43. The molecule has 0 spiro atoms. The lowest BCUT2D eigenvalue weighted by atomic mass is 9.83. The van der Waals surface area contributed by atoms with Gasteiger partial charge >= 0.3 is 0 Å². The minimum absolute atomic E-state index is 0.205. The molecule has 0 amide bonds. The topological polar surface area (TPSA) is 63.8 Å². The van der Waals surface area contributed by atoms with E-state index < -0.39 is 0 Å². The maximum absolute atomic E-state index is 5.63. The van der Waals surface area contributed by atoms with E-state index in [-0.39, 0.29) is 5.92 Å². The molecule has 0 saturated heterocycles. The molecule has 4 rings (SSSR count). The number of allylic oxidation sites excluding steroid dienone is 2. The SMILES string of the molecule is CNC(C)Cc1noc(C2CC=CCC2c2nc3ccccc3s2)n1. The molecule has 2 aromatic heterocycles. The third-order valence-corrected chi connectivity index (χ3v) is 6.01. The van der Waals surface area contributed by atoms with Gasteiger partial charge in [0.15, 0.2) is 5.82 Å². The predicted molar refractivity (Wildman–Crippen MR) is 100.0 cm³/mol. The standard InChI is InChI=1S/C19H22N4OS/c1-12(20-2)11-17-22-18(24-23-17)13-7-3-4-8-14(13)19-21-15-9-5-6-10-16(15)25-19/h3-6,9-10,12-14,20H,7-8,11H2,1-2H3. The van der Waals surface area contributed by atoms with Gasteiger partial charge in [0.2, 0.25) is 5.89 Å². The van der Waals surface area contributed by atoms with Crippen molar-refractivity contribution in [2.24, 2.45) is 0 Å². The molecule has 0 aliphatic heterocycles. The number of fused-ring (bicyclic) bond motifs is 1. The number of likely N-dealkylation sites (N-methyl/N-ethyl adjacent to an activating group) is 1. The fraction of sp³-hybridized carbons (Fsp3) is 0.421. The Labute approximate surface area is 151 Å². The van der Waals surface area contributed by atoms with Gasteiger partial charge in [0.25, 0.3) is 0 Å². The highest BCUT2D eigenvalue weighted by Gasteiger charge is 2.32. The molecule has 0 bridgehead atoms. The number of nitrogens with zero attached hydrogens (tertiary/aromatic N) is 3. The van der Waals surface area contributed by atoms with E-state index >= 15 is 0 Å². The molecule has 25 heavy (non-hydrogen) atoms. The Morgan fingerprint density at radius 2 is 2.00 bits per heavy atom. The second kappa shape index (κ2) is 7.06. The maximum atomic E-state index is 5.63. The molecule has 0 saturated carbocycles. The van der Waals surface area contributed by atoms with E-state index in [1.807, 2.05) is 13.1 Å². The van der Waals surface area contributed by atoms with Gasteiger partial charge in [-0.1, -0.05) is 29.4 Å². The van der Waals surface area contributed by atoms with Crippen molar-refractivity contribution in [2.75, 3.05) is 7.05 Å². The van der Waals surface area contributed by atoms with Crippen molar-refractivity contribution >= 4 is 21.6 Å². The van der Waals surface area contributed by atoms with Crippen molar-refractivity contribution in [1.29, 1.82) is 0 Å². The summed E-state index contributed by atoms with van der Waals surface area (Å²) in [5, 5.41) is 8.56. The Morgan fingerprint density at radius 1 is 1.20 bits per heavy atom. The van der Waals surface area contributed by atoms with E-state index in [1.54, 1.807) is 11.3 Å². The van der Waals surface area contributed by atoms with Crippen LogP contribution in [-0.2, 0) is 6.42 Å². The number of hydrogen-bond donors (Lipinski definition) is 1. The largest absolute Gasteiger partial charge is 0.339 e. The third kappa shape index (κ3) is 3.37. The van der Waals surface area contributed by atoms with Crippen molar-refractivity contribution in [3.63, 3.8) is 0 Å². The highest BCUT2D eigenvalue weighted by atomic mass is 32.1. The number of hydrogen-bond acceptors (Lipinski definition) is 6. The zero-order valence-corrected chi connectivity index (χ0v) is 15.3. The summed E-state index contributed by atoms with van der Waals surface area (Å²) in [7, 11) is 1.95. The summed E-state index contributed by atoms with van der Waals surface area (Å²) >= 11 is 1.78. The molecule has 2 heterocycles. The summed E-state index contributed by atoms with van der Waals surface area (Å²) < 4.78 is 6.87. The van der Waals surface area contributed by atoms with Gasteiger partial charge in [-0.3, -0.25) is 0 Å². The molecule has 3 aromatic rings. The van der Waals surface area contributed by atoms with E-state index in [2.05, 4.69) is 52.7 Å². The maximum Gasteiger partial charge on any atom is 0.230 e. The lowest BCUT2D eigenvalue weighted by Crippen LogP contribution is -2.24. The van der Waals surface area contributed by atoms with Crippen LogP contribution in [0.2, 0.25) is 0 Å². The minimum atomic E-state index is 0.205. The minimum Gasteiger partial charge on any atom is -0.339 e. The molecule has 3 unspecified atom stereocenters. The molecule has 0 radical (unpaired) electrons. The van der Waals surface area contributed by atoms with Gasteiger partial charge in [0, 0.05) is 18.4 Å². The molecule has 1 N–H and O–H groups in total. The molecular formula is C19H22N4OS. The molecule has 1 aliphatic carbocycles.